The van der Waals surface area contributed by atoms with Gasteiger partial charge in [-0.3, -0.25) is 4.79 Å². The van der Waals surface area contributed by atoms with Crippen molar-refractivity contribution in [2.75, 3.05) is 7.11 Å². The molecule has 0 saturated heterocycles. The summed E-state index contributed by atoms with van der Waals surface area (Å²) in [7, 11) is 1.52. The van der Waals surface area contributed by atoms with Crippen LogP contribution in [-0.2, 0) is 0 Å². The molecule has 0 aromatic heterocycles. The van der Waals surface area contributed by atoms with Crippen molar-refractivity contribution in [3.8, 4) is 5.75 Å². The number of rotatable bonds is 2. The summed E-state index contributed by atoms with van der Waals surface area (Å²) in [4.78, 5) is 10.9. The van der Waals surface area contributed by atoms with Gasteiger partial charge in [0.2, 0.25) is 0 Å². The van der Waals surface area contributed by atoms with E-state index in [4.69, 9.17) is 27.9 Å². The van der Waals surface area contributed by atoms with Crippen LogP contribution in [0.3, 0.4) is 0 Å². The first-order valence-electron chi connectivity index (χ1n) is 3.61. The van der Waals surface area contributed by atoms with Crippen molar-refractivity contribution < 1.29 is 9.53 Å². The Balaban J connectivity index is 3.31. The topological polar surface area (TPSA) is 26.3 Å². The third-order valence-corrected chi connectivity index (χ3v) is 2.46. The Bertz CT molecular complexity index is 348. The maximum absolute atomic E-state index is 10.9. The molecule has 2 nitrogen and oxygen atoms in total. The van der Waals surface area contributed by atoms with Crippen LogP contribution in [0.15, 0.2) is 12.1 Å². The Morgan fingerprint density at radius 1 is 1.46 bits per heavy atom. The number of methoxy groups -OCH3 is 1. The molecule has 1 aromatic carbocycles. The number of benzene rings is 1. The smallest absolute Gasteiger partial charge is 0.252 e. The molecule has 0 radical (unpaired) electrons. The molecule has 0 fully saturated rings. The summed E-state index contributed by atoms with van der Waals surface area (Å²) in [6.45, 7) is 1.72. The van der Waals surface area contributed by atoms with Gasteiger partial charge in [0.15, 0.2) is 0 Å². The molecule has 0 unspecified atom stereocenters. The predicted octanol–water partition coefficient (Wildman–Crippen LogP) is 3.04. The van der Waals surface area contributed by atoms with E-state index in [0.29, 0.717) is 21.9 Å². The van der Waals surface area contributed by atoms with Crippen LogP contribution in [0, 0.1) is 6.92 Å². The molecule has 0 aliphatic rings. The average Bonchev–Trinajstić information content (AvgIpc) is 2.09. The molecular weight excluding hydrogens is 211 g/mol. The molecule has 0 amide bonds. The molecule has 70 valence electrons. The van der Waals surface area contributed by atoms with Crippen LogP contribution in [0.4, 0.5) is 0 Å². The van der Waals surface area contributed by atoms with Gasteiger partial charge in [0.25, 0.3) is 5.24 Å². The van der Waals surface area contributed by atoms with E-state index in [1.165, 1.54) is 7.11 Å². The molecular formula is C9H8Cl2O2. The molecule has 0 atom stereocenters. The maximum atomic E-state index is 10.9. The lowest BCUT2D eigenvalue weighted by Crippen LogP contribution is -1.96. The van der Waals surface area contributed by atoms with E-state index in [1.807, 2.05) is 0 Å². The normalized spacial score (nSPS) is 9.85. The van der Waals surface area contributed by atoms with Crippen LogP contribution in [0.25, 0.3) is 0 Å². The van der Waals surface area contributed by atoms with Gasteiger partial charge in [0.05, 0.1) is 12.1 Å². The lowest BCUT2D eigenvalue weighted by Gasteiger charge is -2.07. The Hall–Kier alpha value is -0.730. The maximum Gasteiger partial charge on any atom is 0.252 e. The van der Waals surface area contributed by atoms with Crippen molar-refractivity contribution in [2.24, 2.45) is 0 Å². The fraction of sp³-hybridized carbons (Fsp3) is 0.222. The summed E-state index contributed by atoms with van der Waals surface area (Å²) in [5.74, 6) is 0.542. The summed E-state index contributed by atoms with van der Waals surface area (Å²) in [5.41, 5.74) is 1.05. The van der Waals surface area contributed by atoms with E-state index in [1.54, 1.807) is 19.1 Å². The first kappa shape index (κ1) is 10.4. The van der Waals surface area contributed by atoms with Crippen LogP contribution in [0.1, 0.15) is 15.9 Å². The number of carbonyl (C=O) groups is 1. The molecule has 0 aliphatic heterocycles. The lowest BCUT2D eigenvalue weighted by atomic mass is 10.1. The van der Waals surface area contributed by atoms with Crippen molar-refractivity contribution in [1.29, 1.82) is 0 Å². The van der Waals surface area contributed by atoms with Crippen LogP contribution >= 0.6 is 23.2 Å². The highest BCUT2D eigenvalue weighted by atomic mass is 35.5. The Kier molecular flexibility index (Phi) is 3.17. The number of hydrogen-bond acceptors (Lipinski definition) is 2. The number of hydrogen-bond donors (Lipinski definition) is 0. The predicted molar refractivity (Wildman–Crippen MR) is 52.9 cm³/mol. The minimum absolute atomic E-state index is 0.410. The van der Waals surface area contributed by atoms with Gasteiger partial charge in [0, 0.05) is 5.56 Å². The summed E-state index contributed by atoms with van der Waals surface area (Å²) < 4.78 is 4.97. The van der Waals surface area contributed by atoms with E-state index in [-0.39, 0.29) is 0 Å². The van der Waals surface area contributed by atoms with Crippen molar-refractivity contribution in [3.63, 3.8) is 0 Å². The largest absolute Gasteiger partial charge is 0.495 e. The van der Waals surface area contributed by atoms with E-state index in [9.17, 15) is 4.79 Å². The van der Waals surface area contributed by atoms with Gasteiger partial charge >= 0.3 is 0 Å². The first-order chi connectivity index (χ1) is 6.07. The van der Waals surface area contributed by atoms with Crippen LogP contribution in [-0.4, -0.2) is 12.4 Å². The van der Waals surface area contributed by atoms with Crippen molar-refractivity contribution in [3.05, 3.63) is 28.3 Å². The molecule has 0 bridgehead atoms. The molecule has 13 heavy (non-hydrogen) atoms. The van der Waals surface area contributed by atoms with Gasteiger partial charge in [-0.25, -0.2) is 0 Å². The van der Waals surface area contributed by atoms with Crippen LogP contribution in [0.5, 0.6) is 5.75 Å². The first-order valence-corrected chi connectivity index (χ1v) is 4.36. The quantitative estimate of drug-likeness (QED) is 0.714. The number of halogens is 2. The van der Waals surface area contributed by atoms with Gasteiger partial charge < -0.3 is 4.74 Å². The monoisotopic (exact) mass is 218 g/mol. The third kappa shape index (κ3) is 1.95. The fourth-order valence-corrected chi connectivity index (χ4v) is 1.48. The zero-order valence-corrected chi connectivity index (χ0v) is 8.74. The number of carbonyl (C=O) groups excluding carboxylic acids is 1. The van der Waals surface area contributed by atoms with Gasteiger partial charge in [-0.05, 0) is 36.2 Å². The average molecular weight is 219 g/mol. The summed E-state index contributed by atoms with van der Waals surface area (Å²) in [6.07, 6.45) is 0. The van der Waals surface area contributed by atoms with E-state index in [2.05, 4.69) is 0 Å². The fourth-order valence-electron chi connectivity index (χ4n) is 1.03. The Labute approximate surface area is 86.4 Å². The van der Waals surface area contributed by atoms with Crippen LogP contribution < -0.4 is 4.74 Å². The minimum atomic E-state index is -0.512. The summed E-state index contributed by atoms with van der Waals surface area (Å²) in [5, 5.41) is -0.0870. The zero-order chi connectivity index (χ0) is 10.0. The van der Waals surface area contributed by atoms with Gasteiger partial charge in [-0.1, -0.05) is 11.6 Å². The van der Waals surface area contributed by atoms with Gasteiger partial charge in [-0.15, -0.1) is 0 Å². The molecule has 0 spiro atoms. The third-order valence-electron chi connectivity index (χ3n) is 1.78. The summed E-state index contributed by atoms with van der Waals surface area (Å²) in [6, 6.07) is 3.21. The van der Waals surface area contributed by atoms with Crippen molar-refractivity contribution in [2.45, 2.75) is 6.92 Å². The second kappa shape index (κ2) is 3.99. The molecule has 0 saturated carbocycles. The highest BCUT2D eigenvalue weighted by Crippen LogP contribution is 2.30. The summed E-state index contributed by atoms with van der Waals surface area (Å²) >= 11 is 11.2. The lowest BCUT2D eigenvalue weighted by molar-refractivity contribution is 0.108. The van der Waals surface area contributed by atoms with Crippen LogP contribution in [0.2, 0.25) is 5.02 Å². The van der Waals surface area contributed by atoms with Gasteiger partial charge in [-0.2, -0.15) is 0 Å². The van der Waals surface area contributed by atoms with E-state index >= 15 is 0 Å². The highest BCUT2D eigenvalue weighted by Gasteiger charge is 2.12. The molecule has 1 aromatic rings. The van der Waals surface area contributed by atoms with E-state index < -0.39 is 5.24 Å². The Morgan fingerprint density at radius 3 is 2.54 bits per heavy atom. The van der Waals surface area contributed by atoms with Crippen molar-refractivity contribution in [1.82, 2.24) is 0 Å². The molecule has 0 N–H and O–H groups in total. The second-order valence-electron chi connectivity index (χ2n) is 2.53. The minimum Gasteiger partial charge on any atom is -0.495 e. The SMILES string of the molecule is COc1ccc(C(=O)Cl)c(C)c1Cl. The molecule has 0 heterocycles. The molecule has 0 aliphatic carbocycles. The Morgan fingerprint density at radius 2 is 2.08 bits per heavy atom. The molecule has 1 rings (SSSR count). The standard InChI is InChI=1S/C9H8Cl2O2/c1-5-6(9(11)12)3-4-7(13-2)8(5)10/h3-4H,1-2H3. The zero-order valence-electron chi connectivity index (χ0n) is 7.23. The van der Waals surface area contributed by atoms with Gasteiger partial charge in [0.1, 0.15) is 5.75 Å². The highest BCUT2D eigenvalue weighted by molar-refractivity contribution is 6.68. The second-order valence-corrected chi connectivity index (χ2v) is 3.25. The number of ether oxygens (including phenoxy) is 1. The van der Waals surface area contributed by atoms with E-state index in [0.717, 1.165) is 0 Å². The molecule has 4 heteroatoms. The van der Waals surface area contributed by atoms with Crippen molar-refractivity contribution >= 4 is 28.4 Å².